The fourth-order valence-corrected chi connectivity index (χ4v) is 3.63. The minimum atomic E-state index is -0.552. The van der Waals surface area contributed by atoms with Gasteiger partial charge in [0.2, 0.25) is 0 Å². The Morgan fingerprint density at radius 2 is 2.35 bits per heavy atom. The van der Waals surface area contributed by atoms with Crippen LogP contribution >= 0.6 is 0 Å². The molecule has 1 aromatic heterocycles. The van der Waals surface area contributed by atoms with E-state index in [1.807, 2.05) is 13.1 Å². The summed E-state index contributed by atoms with van der Waals surface area (Å²) in [5.41, 5.74) is 3.58. The summed E-state index contributed by atoms with van der Waals surface area (Å²) in [4.78, 5) is 21.1. The van der Waals surface area contributed by atoms with Gasteiger partial charge >= 0.3 is 5.97 Å². The largest absolute Gasteiger partial charge is 0.467 e. The van der Waals surface area contributed by atoms with Crippen molar-refractivity contribution in [1.82, 2.24) is 10.0 Å². The number of hydrogen-bond donors (Lipinski definition) is 1. The Hall–Kier alpha value is -1.85. The zero-order chi connectivity index (χ0) is 13.9. The number of aromatic amines is 1. The highest BCUT2D eigenvalue weighted by Gasteiger charge is 2.49. The molecule has 1 aliphatic carbocycles. The lowest BCUT2D eigenvalue weighted by Gasteiger charge is -2.28. The summed E-state index contributed by atoms with van der Waals surface area (Å²) in [7, 11) is 3.29. The third-order valence-corrected chi connectivity index (χ3v) is 4.53. The number of rotatable bonds is 1. The van der Waals surface area contributed by atoms with E-state index in [1.54, 1.807) is 5.06 Å². The summed E-state index contributed by atoms with van der Waals surface area (Å²) in [5, 5.41) is 3.04. The number of hydrogen-bond acceptors (Lipinski definition) is 4. The van der Waals surface area contributed by atoms with E-state index < -0.39 is 6.10 Å². The second kappa shape index (κ2) is 4.07. The highest BCUT2D eigenvalue weighted by atomic mass is 16.7. The van der Waals surface area contributed by atoms with Gasteiger partial charge in [0.1, 0.15) is 0 Å². The minimum absolute atomic E-state index is 0.0273. The molecule has 0 bridgehead atoms. The van der Waals surface area contributed by atoms with Crippen molar-refractivity contribution in [2.45, 2.75) is 24.5 Å². The molecule has 1 N–H and O–H groups in total. The molecule has 0 radical (unpaired) electrons. The van der Waals surface area contributed by atoms with Crippen molar-refractivity contribution in [3.63, 3.8) is 0 Å². The standard InChI is InChI=1S/C15H16N2O3/c1-17-11-6-8-7-16-10-5-3-4-9(12(8)10)13(11)14(20-17)15(18)19-2/h3-5,7,11,13-14,16H,6H2,1-2H3/t11-,13+,14+/m1/s1. The number of hydroxylamine groups is 2. The Balaban J connectivity index is 1.91. The van der Waals surface area contributed by atoms with E-state index in [0.717, 1.165) is 11.9 Å². The number of carbonyl (C=O) groups excluding carboxylic acids is 1. The molecule has 2 aromatic rings. The molecule has 4 rings (SSSR count). The summed E-state index contributed by atoms with van der Waals surface area (Å²) in [6.07, 6.45) is 2.39. The SMILES string of the molecule is COC(=O)[C@H]1ON(C)[C@@H]2Cc3c[nH]c4cccc(c34)[C@H]12. The molecular weight excluding hydrogens is 256 g/mol. The lowest BCUT2D eigenvalue weighted by atomic mass is 9.78. The van der Waals surface area contributed by atoms with Gasteiger partial charge in [-0.1, -0.05) is 12.1 Å². The van der Waals surface area contributed by atoms with Crippen molar-refractivity contribution in [3.8, 4) is 0 Å². The van der Waals surface area contributed by atoms with E-state index >= 15 is 0 Å². The van der Waals surface area contributed by atoms with Gasteiger partial charge in [-0.05, 0) is 23.6 Å². The van der Waals surface area contributed by atoms with Crippen molar-refractivity contribution >= 4 is 16.9 Å². The lowest BCUT2D eigenvalue weighted by Crippen LogP contribution is -2.34. The fraction of sp³-hybridized carbons (Fsp3) is 0.400. The van der Waals surface area contributed by atoms with Gasteiger partial charge in [-0.25, -0.2) is 4.79 Å². The van der Waals surface area contributed by atoms with E-state index in [4.69, 9.17) is 9.57 Å². The van der Waals surface area contributed by atoms with Crippen molar-refractivity contribution in [1.29, 1.82) is 0 Å². The molecule has 0 saturated carbocycles. The van der Waals surface area contributed by atoms with Crippen LogP contribution in [0.15, 0.2) is 24.4 Å². The number of nitrogens with one attached hydrogen (secondary N) is 1. The number of esters is 1. The third-order valence-electron chi connectivity index (χ3n) is 4.53. The van der Waals surface area contributed by atoms with Crippen LogP contribution in [0.25, 0.3) is 10.9 Å². The van der Waals surface area contributed by atoms with Crippen LogP contribution in [0.4, 0.5) is 0 Å². The van der Waals surface area contributed by atoms with Crippen molar-refractivity contribution < 1.29 is 14.4 Å². The van der Waals surface area contributed by atoms with E-state index in [0.29, 0.717) is 0 Å². The molecule has 0 amide bonds. The smallest absolute Gasteiger partial charge is 0.337 e. The average molecular weight is 272 g/mol. The van der Waals surface area contributed by atoms with Crippen LogP contribution in [0.3, 0.4) is 0 Å². The van der Waals surface area contributed by atoms with Crippen LogP contribution in [-0.2, 0) is 20.8 Å². The van der Waals surface area contributed by atoms with Gasteiger partial charge in [0.05, 0.1) is 7.11 Å². The first kappa shape index (κ1) is 11.9. The first-order chi connectivity index (χ1) is 9.70. The minimum Gasteiger partial charge on any atom is -0.467 e. The monoisotopic (exact) mass is 272 g/mol. The zero-order valence-corrected chi connectivity index (χ0v) is 11.4. The number of aromatic nitrogens is 1. The summed E-state index contributed by atoms with van der Waals surface area (Å²) >= 11 is 0. The Bertz CT molecular complexity index is 693. The molecule has 1 aliphatic heterocycles. The van der Waals surface area contributed by atoms with Crippen LogP contribution in [-0.4, -0.2) is 42.3 Å². The van der Waals surface area contributed by atoms with Gasteiger partial charge in [0.15, 0.2) is 6.10 Å². The van der Waals surface area contributed by atoms with Crippen molar-refractivity contribution in [2.24, 2.45) is 0 Å². The summed E-state index contributed by atoms with van der Waals surface area (Å²) in [6, 6.07) is 6.35. The Labute approximate surface area is 116 Å². The maximum Gasteiger partial charge on any atom is 0.337 e. The number of carbonyl (C=O) groups is 1. The quantitative estimate of drug-likeness (QED) is 0.801. The fourth-order valence-electron chi connectivity index (χ4n) is 3.63. The number of nitrogens with zero attached hydrogens (tertiary/aromatic N) is 1. The maximum atomic E-state index is 12.0. The highest BCUT2D eigenvalue weighted by Crippen LogP contribution is 2.45. The van der Waals surface area contributed by atoms with Crippen LogP contribution in [0, 0.1) is 0 Å². The Morgan fingerprint density at radius 3 is 3.15 bits per heavy atom. The Morgan fingerprint density at radius 1 is 1.50 bits per heavy atom. The predicted molar refractivity (Wildman–Crippen MR) is 73.2 cm³/mol. The van der Waals surface area contributed by atoms with Crippen LogP contribution < -0.4 is 0 Å². The van der Waals surface area contributed by atoms with Crippen molar-refractivity contribution in [3.05, 3.63) is 35.5 Å². The number of ether oxygens (including phenoxy) is 1. The average Bonchev–Trinajstić information content (AvgIpc) is 3.03. The lowest BCUT2D eigenvalue weighted by molar-refractivity contribution is -0.179. The topological polar surface area (TPSA) is 54.6 Å². The molecule has 2 aliphatic rings. The summed E-state index contributed by atoms with van der Waals surface area (Å²) in [6.45, 7) is 0. The molecule has 0 unspecified atom stereocenters. The van der Waals surface area contributed by atoms with Crippen LogP contribution in [0.1, 0.15) is 17.0 Å². The van der Waals surface area contributed by atoms with Gasteiger partial charge < -0.3 is 9.72 Å². The van der Waals surface area contributed by atoms with E-state index in [9.17, 15) is 4.79 Å². The molecule has 104 valence electrons. The van der Waals surface area contributed by atoms with Gasteiger partial charge in [0, 0.05) is 36.1 Å². The van der Waals surface area contributed by atoms with Crippen LogP contribution in [0.5, 0.6) is 0 Å². The number of H-pyrrole nitrogens is 1. The van der Waals surface area contributed by atoms with Crippen LogP contribution in [0.2, 0.25) is 0 Å². The highest BCUT2D eigenvalue weighted by molar-refractivity contribution is 5.90. The predicted octanol–water partition coefficient (Wildman–Crippen LogP) is 1.59. The van der Waals surface area contributed by atoms with Gasteiger partial charge in [-0.15, -0.1) is 0 Å². The molecule has 2 heterocycles. The second-order valence-electron chi connectivity index (χ2n) is 5.48. The molecule has 1 saturated heterocycles. The van der Waals surface area contributed by atoms with Gasteiger partial charge in [-0.3, -0.25) is 4.84 Å². The second-order valence-corrected chi connectivity index (χ2v) is 5.48. The molecule has 0 spiro atoms. The van der Waals surface area contributed by atoms with E-state index in [1.165, 1.54) is 23.6 Å². The summed E-state index contributed by atoms with van der Waals surface area (Å²) < 4.78 is 4.90. The number of methoxy groups -OCH3 is 1. The van der Waals surface area contributed by atoms with Gasteiger partial charge in [-0.2, -0.15) is 5.06 Å². The number of benzene rings is 1. The molecule has 20 heavy (non-hydrogen) atoms. The number of likely N-dealkylation sites (N-methyl/N-ethyl adjacent to an activating group) is 1. The zero-order valence-electron chi connectivity index (χ0n) is 11.4. The first-order valence-corrected chi connectivity index (χ1v) is 6.77. The number of fused-ring (bicyclic) bond motifs is 2. The van der Waals surface area contributed by atoms with E-state index in [-0.39, 0.29) is 17.9 Å². The first-order valence-electron chi connectivity index (χ1n) is 6.77. The van der Waals surface area contributed by atoms with Crippen molar-refractivity contribution in [2.75, 3.05) is 14.2 Å². The molecule has 3 atom stereocenters. The molecule has 5 nitrogen and oxygen atoms in total. The molecule has 5 heteroatoms. The third kappa shape index (κ3) is 1.42. The van der Waals surface area contributed by atoms with Gasteiger partial charge in [0.25, 0.3) is 0 Å². The summed E-state index contributed by atoms with van der Waals surface area (Å²) in [5.74, 6) is -0.278. The molecule has 1 fully saturated rings. The van der Waals surface area contributed by atoms with E-state index in [2.05, 4.69) is 23.3 Å². The maximum absolute atomic E-state index is 12.0. The normalized spacial score (nSPS) is 28.6. The Kier molecular flexibility index (Phi) is 2.43. The molecule has 1 aromatic carbocycles. The molecular formula is C15H16N2O3.